The van der Waals surface area contributed by atoms with Gasteiger partial charge in [-0.3, -0.25) is 14.5 Å². The lowest BCUT2D eigenvalue weighted by Gasteiger charge is -2.22. The highest BCUT2D eigenvalue weighted by Gasteiger charge is 2.41. The Bertz CT molecular complexity index is 1570. The third-order valence-electron chi connectivity index (χ3n) is 5.46. The van der Waals surface area contributed by atoms with E-state index in [0.29, 0.717) is 16.0 Å². The van der Waals surface area contributed by atoms with Gasteiger partial charge in [-0.15, -0.1) is 11.3 Å². The number of benzene rings is 2. The number of thiocarbonyl (C=S) groups is 1. The van der Waals surface area contributed by atoms with E-state index in [9.17, 15) is 38.2 Å². The topological polar surface area (TPSA) is 144 Å². The van der Waals surface area contributed by atoms with Gasteiger partial charge >= 0.3 is 11.9 Å². The van der Waals surface area contributed by atoms with Gasteiger partial charge in [-0.2, -0.15) is 0 Å². The molecule has 1 atom stereocenters. The molecule has 200 valence electrons. The quantitative estimate of drug-likeness (QED) is 0.215. The molecule has 14 heteroatoms. The van der Waals surface area contributed by atoms with Crippen molar-refractivity contribution in [3.05, 3.63) is 74.8 Å². The lowest BCUT2D eigenvalue weighted by atomic mass is 10.1. The Morgan fingerprint density at radius 3 is 2.44 bits per heavy atom. The number of amides is 2. The molecule has 1 aromatic heterocycles. The number of thioether (sulfide) groups is 1. The first-order valence-electron chi connectivity index (χ1n) is 10.8. The largest absolute Gasteiger partial charge is 0.507 e. The third-order valence-corrected chi connectivity index (χ3v) is 7.67. The maximum Gasteiger partial charge on any atom is 0.339 e. The zero-order valence-electron chi connectivity index (χ0n) is 19.4. The number of anilines is 1. The summed E-state index contributed by atoms with van der Waals surface area (Å²) in [6, 6.07) is 6.75. The number of thiophene rings is 1. The fourth-order valence-electron chi connectivity index (χ4n) is 3.60. The molecule has 1 saturated heterocycles. The number of carboxylic acids is 2. The number of nitrogens with one attached hydrogen (secondary N) is 1. The molecule has 0 bridgehead atoms. The Morgan fingerprint density at radius 2 is 1.79 bits per heavy atom. The fourth-order valence-corrected chi connectivity index (χ4v) is 5.87. The summed E-state index contributed by atoms with van der Waals surface area (Å²) in [6.45, 7) is 0. The fraction of sp³-hybridized carbons (Fsp3) is 0.0800. The summed E-state index contributed by atoms with van der Waals surface area (Å²) in [5, 5.41) is 32.6. The maximum atomic E-state index is 13.6. The molecular weight excluding hydrogens is 574 g/mol. The van der Waals surface area contributed by atoms with Crippen LogP contribution in [0.3, 0.4) is 0 Å². The lowest BCUT2D eigenvalue weighted by molar-refractivity contribution is -0.146. The summed E-state index contributed by atoms with van der Waals surface area (Å²) in [5.41, 5.74) is 0.651. The van der Waals surface area contributed by atoms with Crippen LogP contribution in [0.2, 0.25) is 0 Å². The second-order valence-corrected chi connectivity index (χ2v) is 10.7. The molecule has 0 spiro atoms. The minimum Gasteiger partial charge on any atom is -0.507 e. The van der Waals surface area contributed by atoms with Crippen LogP contribution in [0.5, 0.6) is 5.75 Å². The van der Waals surface area contributed by atoms with Gasteiger partial charge in [0.2, 0.25) is 5.91 Å². The molecule has 2 aromatic carbocycles. The van der Waals surface area contributed by atoms with Crippen molar-refractivity contribution < 1.29 is 43.3 Å². The van der Waals surface area contributed by atoms with Crippen LogP contribution < -0.4 is 5.32 Å². The number of rotatable bonds is 8. The van der Waals surface area contributed by atoms with E-state index < -0.39 is 53.6 Å². The zero-order chi connectivity index (χ0) is 28.4. The summed E-state index contributed by atoms with van der Waals surface area (Å²) in [7, 11) is 0. The number of halogens is 2. The number of aromatic hydroxyl groups is 1. The summed E-state index contributed by atoms with van der Waals surface area (Å²) < 4.78 is 26.8. The molecule has 2 heterocycles. The van der Waals surface area contributed by atoms with Crippen LogP contribution in [0.1, 0.15) is 21.7 Å². The molecule has 3 aromatic rings. The molecule has 4 rings (SSSR count). The minimum atomic E-state index is -1.64. The minimum absolute atomic E-state index is 0.0199. The molecule has 0 saturated carbocycles. The van der Waals surface area contributed by atoms with E-state index in [2.05, 4.69) is 5.32 Å². The van der Waals surface area contributed by atoms with E-state index in [0.717, 1.165) is 40.9 Å². The average Bonchev–Trinajstić information content (AvgIpc) is 3.43. The number of carboxylic acid groups (broad SMARTS) is 2. The predicted molar refractivity (Wildman–Crippen MR) is 144 cm³/mol. The van der Waals surface area contributed by atoms with Gasteiger partial charge in [-0.05, 0) is 52.9 Å². The normalized spacial score (nSPS) is 15.0. The van der Waals surface area contributed by atoms with Crippen molar-refractivity contribution in [1.82, 2.24) is 4.90 Å². The third kappa shape index (κ3) is 6.13. The zero-order valence-corrected chi connectivity index (χ0v) is 21.8. The summed E-state index contributed by atoms with van der Waals surface area (Å²) >= 11 is 7.29. The van der Waals surface area contributed by atoms with E-state index >= 15 is 0 Å². The SMILES string of the molecule is O=C(C[C@@H](C(=O)O)N1C(=O)C(=Cc2cc(-c3ccc(F)c(F)c3)cs2)SC1=S)Nc1ccc(C(=O)O)c(O)c1. The Labute approximate surface area is 232 Å². The van der Waals surface area contributed by atoms with E-state index in [1.54, 1.807) is 11.4 Å². The van der Waals surface area contributed by atoms with Gasteiger partial charge in [0.1, 0.15) is 21.7 Å². The first-order valence-corrected chi connectivity index (χ1v) is 12.9. The van der Waals surface area contributed by atoms with E-state index in [4.69, 9.17) is 17.3 Å². The van der Waals surface area contributed by atoms with Crippen molar-refractivity contribution in [2.24, 2.45) is 0 Å². The molecule has 9 nitrogen and oxygen atoms in total. The number of carbonyl (C=O) groups excluding carboxylic acids is 2. The number of aromatic carboxylic acids is 1. The van der Waals surface area contributed by atoms with Gasteiger partial charge in [0, 0.05) is 16.6 Å². The van der Waals surface area contributed by atoms with E-state index in [-0.39, 0.29) is 20.5 Å². The van der Waals surface area contributed by atoms with Crippen LogP contribution in [-0.2, 0) is 14.4 Å². The Kier molecular flexibility index (Phi) is 8.09. The van der Waals surface area contributed by atoms with Crippen molar-refractivity contribution in [3.63, 3.8) is 0 Å². The van der Waals surface area contributed by atoms with Gasteiger partial charge in [0.15, 0.2) is 11.6 Å². The highest BCUT2D eigenvalue weighted by Crippen LogP contribution is 2.37. The van der Waals surface area contributed by atoms with Crippen molar-refractivity contribution in [1.29, 1.82) is 0 Å². The van der Waals surface area contributed by atoms with Crippen LogP contribution in [0.4, 0.5) is 14.5 Å². The second-order valence-electron chi connectivity index (χ2n) is 8.06. The predicted octanol–water partition coefficient (Wildman–Crippen LogP) is 4.78. The summed E-state index contributed by atoms with van der Waals surface area (Å²) in [5.74, 6) is -6.98. The smallest absolute Gasteiger partial charge is 0.339 e. The number of nitrogens with zero attached hydrogens (tertiary/aromatic N) is 1. The Hall–Kier alpha value is -4.14. The van der Waals surface area contributed by atoms with Crippen LogP contribution >= 0.6 is 35.3 Å². The highest BCUT2D eigenvalue weighted by molar-refractivity contribution is 8.26. The number of hydrogen-bond acceptors (Lipinski definition) is 8. The number of carbonyl (C=O) groups is 4. The number of phenols is 1. The molecule has 0 unspecified atom stereocenters. The van der Waals surface area contributed by atoms with Crippen molar-refractivity contribution in [2.75, 3.05) is 5.32 Å². The van der Waals surface area contributed by atoms with Crippen molar-refractivity contribution in [3.8, 4) is 16.9 Å². The first kappa shape index (κ1) is 27.9. The van der Waals surface area contributed by atoms with Gasteiger partial charge in [-0.25, -0.2) is 18.4 Å². The van der Waals surface area contributed by atoms with Crippen molar-refractivity contribution in [2.45, 2.75) is 12.5 Å². The molecule has 0 radical (unpaired) electrons. The standard InChI is InChI=1S/C25H16F2N2O7S3/c26-16-4-1-11(6-17(16)27)12-5-14(38-10-12)8-20-22(32)29(25(37)39-20)18(24(35)36)9-21(31)28-13-2-3-15(23(33)34)19(30)7-13/h1-8,10,18,30H,9H2,(H,28,31)(H,33,34)(H,35,36)/t18-/m0/s1. The molecule has 1 aliphatic rings. The summed E-state index contributed by atoms with van der Waals surface area (Å²) in [6.07, 6.45) is 0.800. The molecule has 39 heavy (non-hydrogen) atoms. The van der Waals surface area contributed by atoms with Crippen LogP contribution in [0.25, 0.3) is 17.2 Å². The Morgan fingerprint density at radius 1 is 1.05 bits per heavy atom. The molecule has 1 fully saturated rings. The molecule has 0 aliphatic carbocycles. The molecule has 1 aliphatic heterocycles. The monoisotopic (exact) mass is 590 g/mol. The molecule has 4 N–H and O–H groups in total. The number of hydrogen-bond donors (Lipinski definition) is 4. The van der Waals surface area contributed by atoms with Gasteiger partial charge in [0.05, 0.1) is 11.3 Å². The second kappa shape index (κ2) is 11.3. The molecular formula is C25H16F2N2O7S3. The Balaban J connectivity index is 1.49. The average molecular weight is 591 g/mol. The summed E-state index contributed by atoms with van der Waals surface area (Å²) in [4.78, 5) is 50.2. The number of aliphatic carboxylic acids is 1. The van der Waals surface area contributed by atoms with Crippen molar-refractivity contribution >= 4 is 75.2 Å². The van der Waals surface area contributed by atoms with Gasteiger partial charge < -0.3 is 20.6 Å². The first-order chi connectivity index (χ1) is 18.4. The van der Waals surface area contributed by atoms with Crippen LogP contribution in [0.15, 0.2) is 52.7 Å². The van der Waals surface area contributed by atoms with E-state index in [1.807, 2.05) is 0 Å². The lowest BCUT2D eigenvalue weighted by Crippen LogP contribution is -2.45. The highest BCUT2D eigenvalue weighted by atomic mass is 32.2. The molecule has 2 amide bonds. The van der Waals surface area contributed by atoms with Gasteiger partial charge in [0.25, 0.3) is 5.91 Å². The maximum absolute atomic E-state index is 13.6. The van der Waals surface area contributed by atoms with E-state index in [1.165, 1.54) is 29.5 Å². The van der Waals surface area contributed by atoms with Crippen LogP contribution in [-0.4, -0.2) is 54.3 Å². The van der Waals surface area contributed by atoms with Crippen LogP contribution in [0, 0.1) is 11.6 Å². The van der Waals surface area contributed by atoms with Gasteiger partial charge in [-0.1, -0.05) is 30.0 Å².